The molecule has 0 aliphatic heterocycles. The van der Waals surface area contributed by atoms with Crippen LogP contribution in [0.2, 0.25) is 0 Å². The number of aromatic nitrogens is 2. The molecule has 0 radical (unpaired) electrons. The summed E-state index contributed by atoms with van der Waals surface area (Å²) in [6.07, 6.45) is -0.819. The van der Waals surface area contributed by atoms with Gasteiger partial charge in [0.15, 0.2) is 0 Å². The van der Waals surface area contributed by atoms with E-state index in [4.69, 9.17) is 4.42 Å². The summed E-state index contributed by atoms with van der Waals surface area (Å²) in [5.74, 6) is -0.324. The Morgan fingerprint density at radius 2 is 1.78 bits per heavy atom. The Morgan fingerprint density at radius 1 is 1.13 bits per heavy atom. The molecule has 0 amide bonds. The molecular weight excluding hydrogens is 292 g/mol. The standard InChI is InChI=1S/C18H18N2O3/c1-12-8-13(2)10-15(9-12)16(21)11-20-18(22)23-17(19-20)14-6-4-3-5-7-14/h3-10,16,21H,11H2,1-2H3. The Labute approximate surface area is 133 Å². The smallest absolute Gasteiger partial charge is 0.388 e. The maximum absolute atomic E-state index is 11.9. The third-order valence-electron chi connectivity index (χ3n) is 3.60. The zero-order chi connectivity index (χ0) is 16.4. The van der Waals surface area contributed by atoms with Gasteiger partial charge < -0.3 is 9.52 Å². The van der Waals surface area contributed by atoms with E-state index in [1.54, 1.807) is 0 Å². The van der Waals surface area contributed by atoms with Crippen LogP contribution in [0.3, 0.4) is 0 Å². The topological polar surface area (TPSA) is 68.3 Å². The first-order valence-corrected chi connectivity index (χ1v) is 7.42. The van der Waals surface area contributed by atoms with Gasteiger partial charge in [-0.05, 0) is 31.5 Å². The lowest BCUT2D eigenvalue weighted by molar-refractivity contribution is 0.148. The summed E-state index contributed by atoms with van der Waals surface area (Å²) >= 11 is 0. The van der Waals surface area contributed by atoms with Crippen molar-refractivity contribution in [2.75, 3.05) is 0 Å². The van der Waals surface area contributed by atoms with E-state index < -0.39 is 11.9 Å². The molecule has 1 heterocycles. The lowest BCUT2D eigenvalue weighted by Crippen LogP contribution is -2.20. The SMILES string of the molecule is Cc1cc(C)cc(C(O)Cn2nc(-c3ccccc3)oc2=O)c1. The van der Waals surface area contributed by atoms with Gasteiger partial charge in [0.05, 0.1) is 12.6 Å². The first-order chi connectivity index (χ1) is 11.0. The fraction of sp³-hybridized carbons (Fsp3) is 0.222. The number of rotatable bonds is 4. The van der Waals surface area contributed by atoms with Gasteiger partial charge in [0.2, 0.25) is 5.89 Å². The van der Waals surface area contributed by atoms with E-state index in [0.29, 0.717) is 0 Å². The Bertz CT molecular complexity index is 845. The normalized spacial score (nSPS) is 12.3. The molecule has 1 unspecified atom stereocenters. The minimum Gasteiger partial charge on any atom is -0.388 e. The second-order valence-corrected chi connectivity index (χ2v) is 5.66. The van der Waals surface area contributed by atoms with Crippen LogP contribution in [0.15, 0.2) is 57.7 Å². The van der Waals surface area contributed by atoms with Crippen molar-refractivity contribution in [2.45, 2.75) is 26.5 Å². The van der Waals surface area contributed by atoms with Crippen molar-refractivity contribution >= 4 is 0 Å². The van der Waals surface area contributed by atoms with Crippen molar-refractivity contribution in [1.29, 1.82) is 0 Å². The molecule has 5 heteroatoms. The van der Waals surface area contributed by atoms with Crippen LogP contribution in [-0.2, 0) is 6.54 Å². The van der Waals surface area contributed by atoms with Crippen LogP contribution in [-0.4, -0.2) is 14.9 Å². The summed E-state index contributed by atoms with van der Waals surface area (Å²) in [6.45, 7) is 4.00. The molecule has 3 rings (SSSR count). The van der Waals surface area contributed by atoms with Crippen molar-refractivity contribution in [2.24, 2.45) is 0 Å². The minimum absolute atomic E-state index is 0.0536. The van der Waals surface area contributed by atoms with Crippen LogP contribution >= 0.6 is 0 Å². The van der Waals surface area contributed by atoms with Crippen molar-refractivity contribution in [1.82, 2.24) is 9.78 Å². The zero-order valence-corrected chi connectivity index (χ0v) is 13.1. The van der Waals surface area contributed by atoms with Crippen LogP contribution < -0.4 is 5.76 Å². The van der Waals surface area contributed by atoms with Crippen molar-refractivity contribution in [3.63, 3.8) is 0 Å². The number of aryl methyl sites for hydroxylation is 2. The highest BCUT2D eigenvalue weighted by Crippen LogP contribution is 2.19. The van der Waals surface area contributed by atoms with Crippen LogP contribution in [0.5, 0.6) is 0 Å². The van der Waals surface area contributed by atoms with Gasteiger partial charge in [-0.15, -0.1) is 5.10 Å². The number of benzene rings is 2. The van der Waals surface area contributed by atoms with Gasteiger partial charge in [0.25, 0.3) is 0 Å². The average molecular weight is 310 g/mol. The molecule has 0 spiro atoms. The number of nitrogens with zero attached hydrogens (tertiary/aromatic N) is 2. The van der Waals surface area contributed by atoms with Crippen LogP contribution in [0.25, 0.3) is 11.5 Å². The zero-order valence-electron chi connectivity index (χ0n) is 13.1. The fourth-order valence-corrected chi connectivity index (χ4v) is 2.59. The molecule has 0 saturated heterocycles. The quantitative estimate of drug-likeness (QED) is 0.804. The maximum atomic E-state index is 11.9. The molecule has 1 N–H and O–H groups in total. The monoisotopic (exact) mass is 310 g/mol. The van der Waals surface area contributed by atoms with E-state index >= 15 is 0 Å². The highest BCUT2D eigenvalue weighted by molar-refractivity contribution is 5.51. The van der Waals surface area contributed by atoms with Crippen molar-refractivity contribution in [3.05, 3.63) is 75.8 Å². The Kier molecular flexibility index (Phi) is 4.12. The summed E-state index contributed by atoms with van der Waals surface area (Å²) < 4.78 is 6.33. The van der Waals surface area contributed by atoms with E-state index in [0.717, 1.165) is 26.9 Å². The molecule has 118 valence electrons. The highest BCUT2D eigenvalue weighted by atomic mass is 16.4. The van der Waals surface area contributed by atoms with E-state index in [2.05, 4.69) is 5.10 Å². The summed E-state index contributed by atoms with van der Waals surface area (Å²) in [5, 5.41) is 14.6. The van der Waals surface area contributed by atoms with Crippen LogP contribution in [0.1, 0.15) is 22.8 Å². The van der Waals surface area contributed by atoms with Gasteiger partial charge in [-0.2, -0.15) is 4.68 Å². The van der Waals surface area contributed by atoms with Gasteiger partial charge in [-0.1, -0.05) is 47.5 Å². The lowest BCUT2D eigenvalue weighted by atomic mass is 10.0. The summed E-state index contributed by atoms with van der Waals surface area (Å²) in [4.78, 5) is 11.9. The van der Waals surface area contributed by atoms with Crippen molar-refractivity contribution in [3.8, 4) is 11.5 Å². The Morgan fingerprint density at radius 3 is 2.43 bits per heavy atom. The Balaban J connectivity index is 1.86. The second-order valence-electron chi connectivity index (χ2n) is 5.66. The lowest BCUT2D eigenvalue weighted by Gasteiger charge is -2.11. The third-order valence-corrected chi connectivity index (χ3v) is 3.60. The predicted molar refractivity (Wildman–Crippen MR) is 87.1 cm³/mol. The summed E-state index contributed by atoms with van der Waals surface area (Å²) in [6, 6.07) is 15.0. The molecule has 1 atom stereocenters. The van der Waals surface area contributed by atoms with E-state index in [1.165, 1.54) is 0 Å². The van der Waals surface area contributed by atoms with E-state index in [-0.39, 0.29) is 12.4 Å². The van der Waals surface area contributed by atoms with E-state index in [9.17, 15) is 9.90 Å². The maximum Gasteiger partial charge on any atom is 0.437 e. The largest absolute Gasteiger partial charge is 0.437 e. The number of aliphatic hydroxyl groups is 1. The molecule has 5 nitrogen and oxygen atoms in total. The molecule has 0 saturated carbocycles. The molecule has 3 aromatic rings. The van der Waals surface area contributed by atoms with Gasteiger partial charge >= 0.3 is 5.76 Å². The van der Waals surface area contributed by atoms with Crippen LogP contribution in [0.4, 0.5) is 0 Å². The fourth-order valence-electron chi connectivity index (χ4n) is 2.59. The predicted octanol–water partition coefficient (Wildman–Crippen LogP) is 2.85. The number of hydrogen-bond acceptors (Lipinski definition) is 4. The number of hydrogen-bond donors (Lipinski definition) is 1. The molecule has 0 fully saturated rings. The Hall–Kier alpha value is -2.66. The molecule has 23 heavy (non-hydrogen) atoms. The molecule has 0 aliphatic carbocycles. The van der Waals surface area contributed by atoms with Gasteiger partial charge in [-0.25, -0.2) is 4.79 Å². The van der Waals surface area contributed by atoms with E-state index in [1.807, 2.05) is 62.4 Å². The first kappa shape index (κ1) is 15.2. The summed E-state index contributed by atoms with van der Waals surface area (Å²) in [5.41, 5.74) is 3.62. The minimum atomic E-state index is -0.819. The molecular formula is C18H18N2O3. The highest BCUT2D eigenvalue weighted by Gasteiger charge is 2.15. The molecule has 1 aromatic heterocycles. The molecule has 2 aromatic carbocycles. The summed E-state index contributed by atoms with van der Waals surface area (Å²) in [7, 11) is 0. The second kappa shape index (κ2) is 6.22. The van der Waals surface area contributed by atoms with Gasteiger partial charge in [0.1, 0.15) is 0 Å². The first-order valence-electron chi connectivity index (χ1n) is 7.42. The average Bonchev–Trinajstić information content (AvgIpc) is 2.88. The molecule has 0 aliphatic rings. The van der Waals surface area contributed by atoms with Crippen molar-refractivity contribution < 1.29 is 9.52 Å². The number of aliphatic hydroxyl groups excluding tert-OH is 1. The van der Waals surface area contributed by atoms with Gasteiger partial charge in [0, 0.05) is 5.56 Å². The van der Waals surface area contributed by atoms with Crippen LogP contribution in [0, 0.1) is 13.8 Å². The third kappa shape index (κ3) is 3.40. The molecule has 0 bridgehead atoms. The van der Waals surface area contributed by atoms with Gasteiger partial charge in [-0.3, -0.25) is 0 Å².